The summed E-state index contributed by atoms with van der Waals surface area (Å²) in [7, 11) is 0. The summed E-state index contributed by atoms with van der Waals surface area (Å²) in [4.78, 5) is 5.22. The Morgan fingerprint density at radius 3 is 2.37 bits per heavy atom. The molecule has 0 amide bonds. The van der Waals surface area contributed by atoms with E-state index >= 15 is 0 Å². The minimum atomic E-state index is 0.626. The molecule has 0 radical (unpaired) electrons. The summed E-state index contributed by atoms with van der Waals surface area (Å²) < 4.78 is 0. The molecule has 2 aliphatic heterocycles. The highest BCUT2D eigenvalue weighted by Crippen LogP contribution is 2.30. The van der Waals surface area contributed by atoms with Crippen LogP contribution in [0, 0.1) is 6.92 Å². The lowest BCUT2D eigenvalue weighted by Gasteiger charge is -2.46. The van der Waals surface area contributed by atoms with Crippen molar-refractivity contribution < 1.29 is 0 Å². The molecule has 0 aliphatic carbocycles. The summed E-state index contributed by atoms with van der Waals surface area (Å²) in [6.07, 6.45) is 2.80. The summed E-state index contributed by atoms with van der Waals surface area (Å²) in [5.41, 5.74) is 4.34. The summed E-state index contributed by atoms with van der Waals surface area (Å²) in [5, 5.41) is 0. The second-order valence-electron chi connectivity index (χ2n) is 6.50. The number of hydrogen-bond donors (Lipinski definition) is 0. The first-order valence-corrected chi connectivity index (χ1v) is 7.74. The van der Waals surface area contributed by atoms with E-state index < -0.39 is 0 Å². The van der Waals surface area contributed by atoms with Crippen LogP contribution < -0.4 is 4.90 Å². The normalized spacial score (nSPS) is 21.2. The van der Waals surface area contributed by atoms with Gasteiger partial charge in [-0.3, -0.25) is 4.90 Å². The monoisotopic (exact) mass is 258 g/mol. The van der Waals surface area contributed by atoms with Crippen molar-refractivity contribution in [3.05, 3.63) is 29.3 Å². The topological polar surface area (TPSA) is 6.48 Å². The molecular weight excluding hydrogens is 232 g/mol. The smallest absolute Gasteiger partial charge is 0.0446 e. The summed E-state index contributed by atoms with van der Waals surface area (Å²) in [6, 6.07) is 7.80. The molecule has 2 heteroatoms. The Morgan fingerprint density at radius 2 is 1.79 bits per heavy atom. The van der Waals surface area contributed by atoms with Crippen molar-refractivity contribution in [1.82, 2.24) is 4.90 Å². The number of hydrogen-bond acceptors (Lipinski definition) is 2. The van der Waals surface area contributed by atoms with Crippen molar-refractivity contribution in [1.29, 1.82) is 0 Å². The Bertz CT molecular complexity index is 441. The first kappa shape index (κ1) is 13.0. The standard InChI is InChI=1S/C17H26N2/c1-13(2)15-6-7-17(14(3)10-15)19-11-16(12-19)18-8-4-5-9-18/h6-7,10,13,16H,4-5,8-9,11-12H2,1-3H3. The Morgan fingerprint density at radius 1 is 1.11 bits per heavy atom. The minimum absolute atomic E-state index is 0.626. The lowest BCUT2D eigenvalue weighted by Crippen LogP contribution is -2.59. The van der Waals surface area contributed by atoms with E-state index in [0.29, 0.717) is 5.92 Å². The fraction of sp³-hybridized carbons (Fsp3) is 0.647. The molecule has 1 aromatic rings. The van der Waals surface area contributed by atoms with Gasteiger partial charge in [-0.05, 0) is 56.0 Å². The zero-order chi connectivity index (χ0) is 13.4. The first-order valence-electron chi connectivity index (χ1n) is 7.74. The van der Waals surface area contributed by atoms with Gasteiger partial charge in [0, 0.05) is 24.8 Å². The second kappa shape index (κ2) is 5.16. The molecule has 0 unspecified atom stereocenters. The van der Waals surface area contributed by atoms with Crippen molar-refractivity contribution in [2.24, 2.45) is 0 Å². The van der Waals surface area contributed by atoms with Crippen LogP contribution in [0.4, 0.5) is 5.69 Å². The molecular formula is C17H26N2. The van der Waals surface area contributed by atoms with Crippen LogP contribution in [-0.4, -0.2) is 37.1 Å². The SMILES string of the molecule is Cc1cc(C(C)C)ccc1N1CC(N2CCCC2)C1. The Balaban J connectivity index is 1.64. The van der Waals surface area contributed by atoms with Crippen molar-refractivity contribution in [3.63, 3.8) is 0 Å². The minimum Gasteiger partial charge on any atom is -0.368 e. The van der Waals surface area contributed by atoms with Crippen LogP contribution in [0.2, 0.25) is 0 Å². The Labute approximate surface area is 117 Å². The van der Waals surface area contributed by atoms with E-state index in [1.807, 2.05) is 0 Å². The van der Waals surface area contributed by atoms with Crippen LogP contribution in [-0.2, 0) is 0 Å². The average molecular weight is 258 g/mol. The van der Waals surface area contributed by atoms with Crippen molar-refractivity contribution in [2.45, 2.75) is 45.6 Å². The first-order chi connectivity index (χ1) is 9.15. The van der Waals surface area contributed by atoms with Crippen molar-refractivity contribution in [3.8, 4) is 0 Å². The molecule has 104 valence electrons. The molecule has 2 heterocycles. The highest BCUT2D eigenvalue weighted by atomic mass is 15.3. The Hall–Kier alpha value is -1.02. The second-order valence-corrected chi connectivity index (χ2v) is 6.50. The number of rotatable bonds is 3. The van der Waals surface area contributed by atoms with E-state index in [1.165, 1.54) is 55.8 Å². The van der Waals surface area contributed by atoms with Crippen LogP contribution in [0.25, 0.3) is 0 Å². The number of aryl methyl sites for hydroxylation is 1. The van der Waals surface area contributed by atoms with Gasteiger partial charge in [0.2, 0.25) is 0 Å². The van der Waals surface area contributed by atoms with Crippen LogP contribution in [0.15, 0.2) is 18.2 Å². The van der Waals surface area contributed by atoms with Gasteiger partial charge in [-0.25, -0.2) is 0 Å². The maximum absolute atomic E-state index is 2.67. The van der Waals surface area contributed by atoms with Gasteiger partial charge in [0.1, 0.15) is 0 Å². The molecule has 0 spiro atoms. The largest absolute Gasteiger partial charge is 0.368 e. The highest BCUT2D eigenvalue weighted by Gasteiger charge is 2.33. The van der Waals surface area contributed by atoms with Crippen LogP contribution in [0.1, 0.15) is 43.7 Å². The fourth-order valence-corrected chi connectivity index (χ4v) is 3.38. The molecule has 2 nitrogen and oxygen atoms in total. The molecule has 2 saturated heterocycles. The number of anilines is 1. The molecule has 0 aromatic heterocycles. The quantitative estimate of drug-likeness (QED) is 0.820. The molecule has 3 rings (SSSR count). The van der Waals surface area contributed by atoms with E-state index in [1.54, 1.807) is 0 Å². The fourth-order valence-electron chi connectivity index (χ4n) is 3.38. The predicted octanol–water partition coefficient (Wildman–Crippen LogP) is 3.40. The molecule has 0 atom stereocenters. The van der Waals surface area contributed by atoms with E-state index in [0.717, 1.165) is 6.04 Å². The predicted molar refractivity (Wildman–Crippen MR) is 82.1 cm³/mol. The lowest BCUT2D eigenvalue weighted by molar-refractivity contribution is 0.205. The van der Waals surface area contributed by atoms with Gasteiger partial charge in [0.05, 0.1) is 0 Å². The number of likely N-dealkylation sites (tertiary alicyclic amines) is 1. The van der Waals surface area contributed by atoms with Crippen molar-refractivity contribution >= 4 is 5.69 Å². The van der Waals surface area contributed by atoms with Gasteiger partial charge in [0.15, 0.2) is 0 Å². The van der Waals surface area contributed by atoms with Crippen LogP contribution >= 0.6 is 0 Å². The summed E-state index contributed by atoms with van der Waals surface area (Å²) in [6.45, 7) is 11.9. The molecule has 0 bridgehead atoms. The molecule has 2 fully saturated rings. The van der Waals surface area contributed by atoms with Crippen LogP contribution in [0.5, 0.6) is 0 Å². The van der Waals surface area contributed by atoms with Gasteiger partial charge in [-0.2, -0.15) is 0 Å². The van der Waals surface area contributed by atoms with Gasteiger partial charge >= 0.3 is 0 Å². The Kier molecular flexibility index (Phi) is 3.53. The van der Waals surface area contributed by atoms with Gasteiger partial charge in [0.25, 0.3) is 0 Å². The van der Waals surface area contributed by atoms with Crippen molar-refractivity contribution in [2.75, 3.05) is 31.1 Å². The zero-order valence-corrected chi connectivity index (χ0v) is 12.5. The van der Waals surface area contributed by atoms with Gasteiger partial charge in [-0.15, -0.1) is 0 Å². The van der Waals surface area contributed by atoms with E-state index in [2.05, 4.69) is 48.8 Å². The molecule has 1 aromatic carbocycles. The number of benzene rings is 1. The molecule has 2 aliphatic rings. The third kappa shape index (κ3) is 2.51. The third-order valence-corrected chi connectivity index (χ3v) is 4.75. The summed E-state index contributed by atoms with van der Waals surface area (Å²) >= 11 is 0. The van der Waals surface area contributed by atoms with Crippen LogP contribution in [0.3, 0.4) is 0 Å². The number of nitrogens with zero attached hydrogens (tertiary/aromatic N) is 2. The maximum Gasteiger partial charge on any atom is 0.0446 e. The summed E-state index contributed by atoms with van der Waals surface area (Å²) in [5.74, 6) is 0.626. The van der Waals surface area contributed by atoms with E-state index in [-0.39, 0.29) is 0 Å². The maximum atomic E-state index is 2.67. The molecule has 0 N–H and O–H groups in total. The van der Waals surface area contributed by atoms with Gasteiger partial charge in [-0.1, -0.05) is 26.0 Å². The molecule has 0 saturated carbocycles. The lowest BCUT2D eigenvalue weighted by atomic mass is 9.98. The highest BCUT2D eigenvalue weighted by molar-refractivity contribution is 5.57. The zero-order valence-electron chi connectivity index (χ0n) is 12.5. The van der Waals surface area contributed by atoms with E-state index in [9.17, 15) is 0 Å². The molecule has 19 heavy (non-hydrogen) atoms. The average Bonchev–Trinajstić information content (AvgIpc) is 2.82. The van der Waals surface area contributed by atoms with Gasteiger partial charge < -0.3 is 4.90 Å². The van der Waals surface area contributed by atoms with E-state index in [4.69, 9.17) is 0 Å². The third-order valence-electron chi connectivity index (χ3n) is 4.75.